The average molecular weight is 443 g/mol. The predicted octanol–water partition coefficient (Wildman–Crippen LogP) is 5.33. The predicted molar refractivity (Wildman–Crippen MR) is 112 cm³/mol. The van der Waals surface area contributed by atoms with Crippen molar-refractivity contribution in [1.82, 2.24) is 14.9 Å². The Bertz CT molecular complexity index is 1080. The number of alkyl halides is 3. The molecule has 1 saturated heterocycles. The van der Waals surface area contributed by atoms with Crippen LogP contribution in [0.15, 0.2) is 24.4 Å². The van der Waals surface area contributed by atoms with Crippen molar-refractivity contribution in [3.05, 3.63) is 41.1 Å². The van der Waals surface area contributed by atoms with E-state index in [1.54, 1.807) is 0 Å². The van der Waals surface area contributed by atoms with Gasteiger partial charge in [0.15, 0.2) is 0 Å². The largest absolute Gasteiger partial charge is 0.421 e. The molecule has 2 aromatic rings. The van der Waals surface area contributed by atoms with E-state index in [1.807, 2.05) is 18.2 Å². The number of carbonyl (C=O) groups is 1. The highest BCUT2D eigenvalue weighted by Gasteiger charge is 2.49. The van der Waals surface area contributed by atoms with Crippen LogP contribution in [0.2, 0.25) is 0 Å². The maximum atomic E-state index is 13.4. The van der Waals surface area contributed by atoms with Gasteiger partial charge in [-0.15, -0.1) is 0 Å². The molecule has 9 heteroatoms. The maximum Gasteiger partial charge on any atom is 0.421 e. The fourth-order valence-electron chi connectivity index (χ4n) is 5.15. The van der Waals surface area contributed by atoms with Gasteiger partial charge in [-0.25, -0.2) is 4.98 Å². The standard InChI is InChI=1S/C23H24F3N5O/c24-23(25,26)17-11-27-22(30-20(17)28-13-2-1-3-13)29-14-6-7-15-16(10-14)19-9-8-18(15)31(19)21(32)12-4-5-12/h6-7,10-13,18-19H,1-5,8-9H2,(H2,27,28,29,30)/t18-,19+/m1/s1. The van der Waals surface area contributed by atoms with Crippen molar-refractivity contribution in [1.29, 1.82) is 0 Å². The lowest BCUT2D eigenvalue weighted by atomic mass is 9.91. The second-order valence-corrected chi connectivity index (χ2v) is 9.32. The normalized spacial score (nSPS) is 24.3. The Hall–Kier alpha value is -2.84. The molecule has 1 aromatic carbocycles. The fraction of sp³-hybridized carbons (Fsp3) is 0.522. The lowest BCUT2D eigenvalue weighted by Crippen LogP contribution is -2.29. The van der Waals surface area contributed by atoms with E-state index in [2.05, 4.69) is 25.5 Å². The zero-order valence-corrected chi connectivity index (χ0v) is 17.5. The number of carbonyl (C=O) groups excluding carboxylic acids is 1. The molecule has 168 valence electrons. The van der Waals surface area contributed by atoms with Crippen molar-refractivity contribution in [3.63, 3.8) is 0 Å². The number of hydrogen-bond acceptors (Lipinski definition) is 5. The Balaban J connectivity index is 1.26. The second kappa shape index (κ2) is 7.08. The summed E-state index contributed by atoms with van der Waals surface area (Å²) in [6.07, 6.45) is 2.91. The van der Waals surface area contributed by atoms with Crippen LogP contribution in [0.5, 0.6) is 0 Å². The Morgan fingerprint density at radius 3 is 2.44 bits per heavy atom. The number of halogens is 3. The number of amides is 1. The third kappa shape index (κ3) is 3.29. The van der Waals surface area contributed by atoms with E-state index in [0.29, 0.717) is 5.69 Å². The molecule has 6 nitrogen and oxygen atoms in total. The van der Waals surface area contributed by atoms with Crippen molar-refractivity contribution in [3.8, 4) is 0 Å². The highest BCUT2D eigenvalue weighted by molar-refractivity contribution is 5.83. The zero-order chi connectivity index (χ0) is 22.0. The summed E-state index contributed by atoms with van der Waals surface area (Å²) < 4.78 is 40.2. The molecule has 2 N–H and O–H groups in total. The number of nitrogens with one attached hydrogen (secondary N) is 2. The van der Waals surface area contributed by atoms with E-state index < -0.39 is 11.7 Å². The van der Waals surface area contributed by atoms with Gasteiger partial charge in [-0.05, 0) is 68.2 Å². The van der Waals surface area contributed by atoms with Gasteiger partial charge in [0.1, 0.15) is 11.4 Å². The van der Waals surface area contributed by atoms with Crippen molar-refractivity contribution in [2.45, 2.75) is 69.2 Å². The van der Waals surface area contributed by atoms with Gasteiger partial charge in [0.25, 0.3) is 0 Å². The quantitative estimate of drug-likeness (QED) is 0.654. The third-order valence-corrected chi connectivity index (χ3v) is 7.17. The van der Waals surface area contributed by atoms with E-state index in [0.717, 1.165) is 56.7 Å². The third-order valence-electron chi connectivity index (χ3n) is 7.17. The smallest absolute Gasteiger partial charge is 0.367 e. The molecule has 2 bridgehead atoms. The molecule has 4 aliphatic rings. The van der Waals surface area contributed by atoms with Gasteiger partial charge in [0, 0.05) is 23.8 Å². The molecule has 2 aliphatic heterocycles. The van der Waals surface area contributed by atoms with Crippen LogP contribution in [-0.2, 0) is 11.0 Å². The summed E-state index contributed by atoms with van der Waals surface area (Å²) in [6, 6.07) is 6.16. The molecule has 3 heterocycles. The fourth-order valence-corrected chi connectivity index (χ4v) is 5.15. The lowest BCUT2D eigenvalue weighted by molar-refractivity contribution is -0.137. The Morgan fingerprint density at radius 2 is 1.78 bits per heavy atom. The van der Waals surface area contributed by atoms with E-state index in [1.165, 1.54) is 5.56 Å². The van der Waals surface area contributed by atoms with Gasteiger partial charge in [-0.2, -0.15) is 18.2 Å². The van der Waals surface area contributed by atoms with Crippen molar-refractivity contribution >= 4 is 23.4 Å². The van der Waals surface area contributed by atoms with Gasteiger partial charge in [0.05, 0.1) is 12.1 Å². The molecule has 6 rings (SSSR count). The Morgan fingerprint density at radius 1 is 1.03 bits per heavy atom. The van der Waals surface area contributed by atoms with Crippen LogP contribution < -0.4 is 10.6 Å². The van der Waals surface area contributed by atoms with Gasteiger partial charge in [0.2, 0.25) is 11.9 Å². The van der Waals surface area contributed by atoms with E-state index >= 15 is 0 Å². The number of fused-ring (bicyclic) bond motifs is 5. The summed E-state index contributed by atoms with van der Waals surface area (Å²) >= 11 is 0. The molecular formula is C23H24F3N5O. The van der Waals surface area contributed by atoms with Crippen LogP contribution in [0.1, 0.15) is 73.7 Å². The molecular weight excluding hydrogens is 419 g/mol. The first-order chi connectivity index (χ1) is 15.4. The number of aromatic nitrogens is 2. The molecule has 2 atom stereocenters. The van der Waals surface area contributed by atoms with Gasteiger partial charge >= 0.3 is 6.18 Å². The number of benzene rings is 1. The minimum Gasteiger partial charge on any atom is -0.367 e. The van der Waals surface area contributed by atoms with E-state index in [-0.39, 0.29) is 41.7 Å². The van der Waals surface area contributed by atoms with Gasteiger partial charge < -0.3 is 15.5 Å². The monoisotopic (exact) mass is 443 g/mol. The Labute approximate surface area is 183 Å². The first-order valence-corrected chi connectivity index (χ1v) is 11.3. The number of hydrogen-bond donors (Lipinski definition) is 2. The number of rotatable bonds is 5. The molecule has 0 spiro atoms. The molecule has 1 aromatic heterocycles. The summed E-state index contributed by atoms with van der Waals surface area (Å²) in [4.78, 5) is 22.9. The summed E-state index contributed by atoms with van der Waals surface area (Å²) in [5.74, 6) is 0.392. The van der Waals surface area contributed by atoms with Crippen molar-refractivity contribution in [2.24, 2.45) is 5.92 Å². The highest BCUT2D eigenvalue weighted by Crippen LogP contribution is 2.55. The minimum absolute atomic E-state index is 0.0179. The summed E-state index contributed by atoms with van der Waals surface area (Å²) in [5, 5.41) is 5.99. The first kappa shape index (κ1) is 19.8. The molecule has 32 heavy (non-hydrogen) atoms. The van der Waals surface area contributed by atoms with Crippen molar-refractivity contribution in [2.75, 3.05) is 10.6 Å². The lowest BCUT2D eigenvalue weighted by Gasteiger charge is -2.28. The maximum absolute atomic E-state index is 13.4. The van der Waals surface area contributed by atoms with Crippen LogP contribution in [-0.4, -0.2) is 26.8 Å². The molecule has 2 saturated carbocycles. The van der Waals surface area contributed by atoms with Gasteiger partial charge in [-0.1, -0.05) is 6.07 Å². The zero-order valence-electron chi connectivity index (χ0n) is 17.5. The van der Waals surface area contributed by atoms with Crippen molar-refractivity contribution < 1.29 is 18.0 Å². The number of anilines is 3. The minimum atomic E-state index is -4.52. The molecule has 0 radical (unpaired) electrons. The SMILES string of the molecule is O=C(C1CC1)N1[C@@H]2CC[C@H]1c1cc(Nc3ncc(C(F)(F)F)c(NC4CCC4)n3)ccc12. The van der Waals surface area contributed by atoms with E-state index in [4.69, 9.17) is 0 Å². The van der Waals surface area contributed by atoms with Crippen LogP contribution in [0, 0.1) is 5.92 Å². The summed E-state index contributed by atoms with van der Waals surface area (Å²) in [7, 11) is 0. The topological polar surface area (TPSA) is 70.2 Å². The molecule has 3 fully saturated rings. The number of nitrogens with zero attached hydrogens (tertiary/aromatic N) is 3. The average Bonchev–Trinajstić information content (AvgIpc) is 3.42. The summed E-state index contributed by atoms with van der Waals surface area (Å²) in [6.45, 7) is 0. The molecule has 1 amide bonds. The summed E-state index contributed by atoms with van der Waals surface area (Å²) in [5.41, 5.74) is 2.17. The Kier molecular flexibility index (Phi) is 4.39. The molecule has 0 unspecified atom stereocenters. The molecule has 2 aliphatic carbocycles. The van der Waals surface area contributed by atoms with E-state index in [9.17, 15) is 18.0 Å². The van der Waals surface area contributed by atoms with Crippen LogP contribution >= 0.6 is 0 Å². The van der Waals surface area contributed by atoms with Gasteiger partial charge in [-0.3, -0.25) is 4.79 Å². The highest BCUT2D eigenvalue weighted by atomic mass is 19.4. The first-order valence-electron chi connectivity index (χ1n) is 11.3. The van der Waals surface area contributed by atoms with Crippen LogP contribution in [0.3, 0.4) is 0 Å². The second-order valence-electron chi connectivity index (χ2n) is 9.32. The van der Waals surface area contributed by atoms with Crippen LogP contribution in [0.4, 0.5) is 30.6 Å². The van der Waals surface area contributed by atoms with Crippen LogP contribution in [0.25, 0.3) is 0 Å².